The zero-order valence-electron chi connectivity index (χ0n) is 9.70. The molecule has 0 atom stereocenters. The Morgan fingerprint density at radius 2 is 2.06 bits per heavy atom. The molecule has 2 aromatic rings. The van der Waals surface area contributed by atoms with Gasteiger partial charge in [0.05, 0.1) is 0 Å². The van der Waals surface area contributed by atoms with Crippen molar-refractivity contribution in [1.29, 1.82) is 0 Å². The van der Waals surface area contributed by atoms with Crippen LogP contribution in [-0.4, -0.2) is 21.7 Å². The Morgan fingerprint density at radius 1 is 1.29 bits per heavy atom. The molecule has 1 heterocycles. The van der Waals surface area contributed by atoms with Crippen molar-refractivity contribution in [3.05, 3.63) is 40.4 Å². The summed E-state index contributed by atoms with van der Waals surface area (Å²) >= 11 is 3.41. The topological polar surface area (TPSA) is 53.6 Å². The van der Waals surface area contributed by atoms with Gasteiger partial charge in [-0.05, 0) is 24.3 Å². The van der Waals surface area contributed by atoms with E-state index in [1.54, 1.807) is 0 Å². The molecule has 2 rings (SSSR count). The Bertz CT molecular complexity index is 464. The molecule has 0 unspecified atom stereocenters. The summed E-state index contributed by atoms with van der Waals surface area (Å²) in [7, 11) is 0. The zero-order valence-corrected chi connectivity index (χ0v) is 11.3. The van der Waals surface area contributed by atoms with Crippen molar-refractivity contribution < 1.29 is 0 Å². The number of rotatable bonds is 5. The van der Waals surface area contributed by atoms with Crippen LogP contribution < -0.4 is 5.32 Å². The molecule has 0 aliphatic carbocycles. The van der Waals surface area contributed by atoms with Gasteiger partial charge in [0.25, 0.3) is 0 Å². The van der Waals surface area contributed by atoms with Crippen LogP contribution >= 0.6 is 15.9 Å². The Kier molecular flexibility index (Phi) is 4.14. The van der Waals surface area contributed by atoms with Gasteiger partial charge in [-0.3, -0.25) is 5.10 Å². The van der Waals surface area contributed by atoms with Gasteiger partial charge in [-0.15, -0.1) is 0 Å². The van der Waals surface area contributed by atoms with E-state index < -0.39 is 0 Å². The third-order valence-electron chi connectivity index (χ3n) is 2.43. The van der Waals surface area contributed by atoms with Crippen molar-refractivity contribution in [1.82, 2.24) is 15.2 Å². The summed E-state index contributed by atoms with van der Waals surface area (Å²) in [5, 5.41) is 10.4. The molecular weight excluding hydrogens is 280 g/mol. The molecule has 0 fully saturated rings. The third-order valence-corrected chi connectivity index (χ3v) is 2.96. The quantitative estimate of drug-likeness (QED) is 0.892. The monoisotopic (exact) mass is 294 g/mol. The van der Waals surface area contributed by atoms with Gasteiger partial charge in [-0.25, -0.2) is 4.98 Å². The maximum Gasteiger partial charge on any atom is 0.150 e. The molecular formula is C12H15BrN4. The maximum absolute atomic E-state index is 4.36. The minimum Gasteiger partial charge on any atom is -0.385 e. The van der Waals surface area contributed by atoms with E-state index in [9.17, 15) is 0 Å². The van der Waals surface area contributed by atoms with Crippen LogP contribution in [0.3, 0.4) is 0 Å². The number of H-pyrrole nitrogens is 1. The molecule has 1 aromatic heterocycles. The van der Waals surface area contributed by atoms with Crippen LogP contribution in [0.25, 0.3) is 0 Å². The molecule has 0 saturated carbocycles. The van der Waals surface area contributed by atoms with Crippen LogP contribution in [0.15, 0.2) is 28.7 Å². The highest BCUT2D eigenvalue weighted by Crippen LogP contribution is 2.13. The molecule has 0 spiro atoms. The minimum atomic E-state index is 0.847. The van der Waals surface area contributed by atoms with Gasteiger partial charge in [-0.1, -0.05) is 22.9 Å². The van der Waals surface area contributed by atoms with Crippen molar-refractivity contribution >= 4 is 21.6 Å². The Morgan fingerprint density at radius 3 is 2.71 bits per heavy atom. The summed E-state index contributed by atoms with van der Waals surface area (Å²) in [6, 6.07) is 8.13. The molecule has 17 heavy (non-hydrogen) atoms. The number of anilines is 1. The van der Waals surface area contributed by atoms with Crippen molar-refractivity contribution in [2.45, 2.75) is 19.8 Å². The third kappa shape index (κ3) is 3.56. The highest BCUT2D eigenvalue weighted by molar-refractivity contribution is 9.10. The van der Waals surface area contributed by atoms with E-state index in [0.29, 0.717) is 0 Å². The average molecular weight is 295 g/mol. The van der Waals surface area contributed by atoms with Crippen molar-refractivity contribution in [2.75, 3.05) is 11.9 Å². The van der Waals surface area contributed by atoms with E-state index in [1.165, 1.54) is 0 Å². The summed E-state index contributed by atoms with van der Waals surface area (Å²) in [5.74, 6) is 1.81. The number of benzene rings is 1. The van der Waals surface area contributed by atoms with Crippen LogP contribution in [0.1, 0.15) is 18.6 Å². The first-order chi connectivity index (χ1) is 8.28. The molecule has 0 aliphatic heterocycles. The fourth-order valence-electron chi connectivity index (χ4n) is 1.50. The molecule has 2 N–H and O–H groups in total. The van der Waals surface area contributed by atoms with Gasteiger partial charge in [0.15, 0.2) is 0 Å². The molecule has 0 bridgehead atoms. The molecule has 1 aromatic carbocycles. The van der Waals surface area contributed by atoms with E-state index in [4.69, 9.17) is 0 Å². The number of hydrogen-bond acceptors (Lipinski definition) is 3. The molecule has 4 nitrogen and oxygen atoms in total. The van der Waals surface area contributed by atoms with Gasteiger partial charge >= 0.3 is 0 Å². The van der Waals surface area contributed by atoms with Gasteiger partial charge in [0.2, 0.25) is 0 Å². The van der Waals surface area contributed by atoms with Gasteiger partial charge < -0.3 is 5.32 Å². The fourth-order valence-corrected chi connectivity index (χ4v) is 1.76. The highest BCUT2D eigenvalue weighted by atomic mass is 79.9. The first-order valence-corrected chi connectivity index (χ1v) is 6.47. The minimum absolute atomic E-state index is 0.847. The average Bonchev–Trinajstić information content (AvgIpc) is 2.80. The molecule has 0 saturated heterocycles. The number of halogens is 1. The molecule has 90 valence electrons. The van der Waals surface area contributed by atoms with E-state index in [0.717, 1.165) is 41.2 Å². The fraction of sp³-hybridized carbons (Fsp3) is 0.333. The van der Waals surface area contributed by atoms with E-state index in [1.807, 2.05) is 31.2 Å². The van der Waals surface area contributed by atoms with Crippen LogP contribution in [0, 0.1) is 0 Å². The lowest BCUT2D eigenvalue weighted by molar-refractivity contribution is 0.901. The SMILES string of the molecule is CCc1n[nH]c(CCNc2ccc(Br)cc2)n1. The number of nitrogens with zero attached hydrogens (tertiary/aromatic N) is 2. The summed E-state index contributed by atoms with van der Waals surface area (Å²) < 4.78 is 1.09. The van der Waals surface area contributed by atoms with Gasteiger partial charge in [-0.2, -0.15) is 5.10 Å². The van der Waals surface area contributed by atoms with Crippen molar-refractivity contribution in [3.8, 4) is 0 Å². The lowest BCUT2D eigenvalue weighted by Gasteiger charge is -2.04. The number of aryl methyl sites for hydroxylation is 1. The summed E-state index contributed by atoms with van der Waals surface area (Å²) in [6.07, 6.45) is 1.72. The van der Waals surface area contributed by atoms with Crippen LogP contribution in [-0.2, 0) is 12.8 Å². The largest absolute Gasteiger partial charge is 0.385 e. The smallest absolute Gasteiger partial charge is 0.150 e. The molecule has 0 amide bonds. The Balaban J connectivity index is 1.81. The van der Waals surface area contributed by atoms with Crippen molar-refractivity contribution in [3.63, 3.8) is 0 Å². The Hall–Kier alpha value is -1.36. The Labute approximate surface area is 109 Å². The zero-order chi connectivity index (χ0) is 12.1. The first-order valence-electron chi connectivity index (χ1n) is 5.67. The standard InChI is InChI=1S/C12H15BrN4/c1-2-11-15-12(17-16-11)7-8-14-10-5-3-9(13)4-6-10/h3-6,14H,2,7-8H2,1H3,(H,15,16,17). The summed E-state index contributed by atoms with van der Waals surface area (Å²) in [6.45, 7) is 2.90. The normalized spacial score (nSPS) is 10.5. The lowest BCUT2D eigenvalue weighted by atomic mass is 10.3. The molecule has 0 aliphatic rings. The second-order valence-corrected chi connectivity index (χ2v) is 4.65. The van der Waals surface area contributed by atoms with E-state index in [-0.39, 0.29) is 0 Å². The second-order valence-electron chi connectivity index (χ2n) is 3.74. The maximum atomic E-state index is 4.36. The molecule has 0 radical (unpaired) electrons. The van der Waals surface area contributed by atoms with Gasteiger partial charge in [0, 0.05) is 29.5 Å². The van der Waals surface area contributed by atoms with Gasteiger partial charge in [0.1, 0.15) is 11.6 Å². The highest BCUT2D eigenvalue weighted by Gasteiger charge is 2.00. The van der Waals surface area contributed by atoms with Crippen LogP contribution in [0.5, 0.6) is 0 Å². The summed E-state index contributed by atoms with van der Waals surface area (Å²) in [4.78, 5) is 4.36. The molecule has 5 heteroatoms. The number of nitrogens with one attached hydrogen (secondary N) is 2. The predicted molar refractivity (Wildman–Crippen MR) is 72.1 cm³/mol. The van der Waals surface area contributed by atoms with E-state index >= 15 is 0 Å². The number of aromatic nitrogens is 3. The summed E-state index contributed by atoms with van der Waals surface area (Å²) in [5.41, 5.74) is 1.11. The van der Waals surface area contributed by atoms with E-state index in [2.05, 4.69) is 36.4 Å². The number of hydrogen-bond donors (Lipinski definition) is 2. The second kappa shape index (κ2) is 5.82. The number of aromatic amines is 1. The van der Waals surface area contributed by atoms with Crippen molar-refractivity contribution in [2.24, 2.45) is 0 Å². The van der Waals surface area contributed by atoms with Crippen LogP contribution in [0.4, 0.5) is 5.69 Å². The predicted octanol–water partition coefficient (Wildman–Crippen LogP) is 2.78. The first kappa shape index (κ1) is 12.1. The van der Waals surface area contributed by atoms with Crippen LogP contribution in [0.2, 0.25) is 0 Å². The lowest BCUT2D eigenvalue weighted by Crippen LogP contribution is -2.05.